The molecular weight excluding hydrogens is 492 g/mol. The number of ether oxygens (including phenoxy) is 1. The van der Waals surface area contributed by atoms with E-state index in [-0.39, 0.29) is 28.9 Å². The molecule has 0 aliphatic carbocycles. The van der Waals surface area contributed by atoms with Crippen LogP contribution in [-0.4, -0.2) is 42.3 Å². The number of carbonyl (C=O) groups is 3. The summed E-state index contributed by atoms with van der Waals surface area (Å²) in [4.78, 5) is 38.1. The van der Waals surface area contributed by atoms with E-state index in [4.69, 9.17) is 11.2 Å². The van der Waals surface area contributed by atoms with Gasteiger partial charge in [0.2, 0.25) is 0 Å². The number of benzene rings is 1. The number of anilines is 1. The molecule has 0 radical (unpaired) electrons. The summed E-state index contributed by atoms with van der Waals surface area (Å²) < 4.78 is 5.57. The van der Waals surface area contributed by atoms with Crippen molar-refractivity contribution in [2.24, 2.45) is 10.8 Å². The van der Waals surface area contributed by atoms with Crippen molar-refractivity contribution in [3.05, 3.63) is 29.8 Å². The number of amides is 4. The van der Waals surface area contributed by atoms with Crippen molar-refractivity contribution in [1.29, 1.82) is 0 Å². The SMILES string of the molecule is C#Cc1cccc(NC(=O)NCCCCC(NC(=O)NC(CCC(C)(C)C)C(C)(C)C)C(=O)OC(C)(C)C)c1. The van der Waals surface area contributed by atoms with Crippen LogP contribution in [0.25, 0.3) is 0 Å². The normalized spacial score (nSPS) is 13.4. The highest BCUT2D eigenvalue weighted by molar-refractivity contribution is 5.89. The fraction of sp³-hybridized carbons (Fsp3) is 0.645. The first-order valence-corrected chi connectivity index (χ1v) is 13.8. The van der Waals surface area contributed by atoms with Crippen LogP contribution in [0, 0.1) is 23.2 Å². The predicted octanol–water partition coefficient (Wildman–Crippen LogP) is 6.21. The third-order valence-electron chi connectivity index (χ3n) is 6.02. The van der Waals surface area contributed by atoms with Gasteiger partial charge in [-0.25, -0.2) is 14.4 Å². The van der Waals surface area contributed by atoms with Crippen LogP contribution >= 0.6 is 0 Å². The molecule has 0 bridgehead atoms. The molecule has 0 spiro atoms. The van der Waals surface area contributed by atoms with Gasteiger partial charge in [-0.1, -0.05) is 53.5 Å². The lowest BCUT2D eigenvalue weighted by atomic mass is 9.80. The molecule has 0 aromatic heterocycles. The van der Waals surface area contributed by atoms with Crippen molar-refractivity contribution in [3.8, 4) is 12.3 Å². The zero-order chi connectivity index (χ0) is 29.9. The van der Waals surface area contributed by atoms with Gasteiger partial charge in [-0.3, -0.25) is 0 Å². The van der Waals surface area contributed by atoms with Crippen LogP contribution in [0.2, 0.25) is 0 Å². The Morgan fingerprint density at radius 3 is 2.15 bits per heavy atom. The number of carbonyl (C=O) groups excluding carboxylic acids is 3. The molecule has 4 amide bonds. The van der Waals surface area contributed by atoms with E-state index in [0.29, 0.717) is 37.1 Å². The Hall–Kier alpha value is -3.21. The summed E-state index contributed by atoms with van der Waals surface area (Å²) in [5, 5.41) is 11.5. The molecule has 0 saturated carbocycles. The molecule has 218 valence electrons. The Labute approximate surface area is 235 Å². The topological polar surface area (TPSA) is 109 Å². The summed E-state index contributed by atoms with van der Waals surface area (Å²) in [7, 11) is 0. The second-order valence-corrected chi connectivity index (χ2v) is 13.3. The third-order valence-corrected chi connectivity index (χ3v) is 6.02. The maximum Gasteiger partial charge on any atom is 0.329 e. The summed E-state index contributed by atoms with van der Waals surface area (Å²) in [5.74, 6) is 2.06. The lowest BCUT2D eigenvalue weighted by Gasteiger charge is -2.34. The second kappa shape index (κ2) is 14.8. The van der Waals surface area contributed by atoms with Crippen LogP contribution in [0.5, 0.6) is 0 Å². The molecule has 2 atom stereocenters. The summed E-state index contributed by atoms with van der Waals surface area (Å²) in [6, 6.07) is 5.46. The summed E-state index contributed by atoms with van der Waals surface area (Å²) in [5.41, 5.74) is 0.625. The molecule has 0 saturated heterocycles. The summed E-state index contributed by atoms with van der Waals surface area (Å²) in [6.07, 6.45) is 8.80. The van der Waals surface area contributed by atoms with Gasteiger partial charge in [-0.05, 0) is 81.9 Å². The van der Waals surface area contributed by atoms with Crippen LogP contribution in [-0.2, 0) is 9.53 Å². The lowest BCUT2D eigenvalue weighted by Crippen LogP contribution is -2.53. The van der Waals surface area contributed by atoms with Gasteiger partial charge in [-0.2, -0.15) is 0 Å². The van der Waals surface area contributed by atoms with E-state index in [9.17, 15) is 14.4 Å². The smallest absolute Gasteiger partial charge is 0.329 e. The van der Waals surface area contributed by atoms with Crippen molar-refractivity contribution in [3.63, 3.8) is 0 Å². The largest absolute Gasteiger partial charge is 0.458 e. The standard InChI is InChI=1S/C31H50N4O4/c1-11-22-15-14-16-23(21-22)33-27(37)32-20-13-12-17-24(26(36)39-31(8,9)10)34-28(38)35-25(30(5,6)7)18-19-29(2,3)4/h1,14-16,21,24-25H,12-13,17-20H2,2-10H3,(H2,32,33,37)(H2,34,35,38). The van der Waals surface area contributed by atoms with Gasteiger partial charge in [0.15, 0.2) is 0 Å². The van der Waals surface area contributed by atoms with Crippen LogP contribution in [0.1, 0.15) is 100.0 Å². The van der Waals surface area contributed by atoms with Crippen LogP contribution < -0.4 is 21.3 Å². The quantitative estimate of drug-likeness (QED) is 0.151. The van der Waals surface area contributed by atoms with Gasteiger partial charge in [0.05, 0.1) is 0 Å². The second-order valence-electron chi connectivity index (χ2n) is 13.3. The molecule has 4 N–H and O–H groups in total. The Bertz CT molecular complexity index is 994. The van der Waals surface area contributed by atoms with Crippen LogP contribution in [0.15, 0.2) is 24.3 Å². The van der Waals surface area contributed by atoms with E-state index >= 15 is 0 Å². The first-order valence-electron chi connectivity index (χ1n) is 13.8. The van der Waals surface area contributed by atoms with Crippen molar-refractivity contribution in [1.82, 2.24) is 16.0 Å². The van der Waals surface area contributed by atoms with E-state index in [2.05, 4.69) is 68.7 Å². The minimum atomic E-state index is -0.798. The van der Waals surface area contributed by atoms with Crippen LogP contribution in [0.4, 0.5) is 15.3 Å². The maximum absolute atomic E-state index is 13.0. The average Bonchev–Trinajstić information content (AvgIpc) is 2.78. The lowest BCUT2D eigenvalue weighted by molar-refractivity contribution is -0.157. The molecule has 8 heteroatoms. The highest BCUT2D eigenvalue weighted by Gasteiger charge is 2.30. The minimum Gasteiger partial charge on any atom is -0.458 e. The van der Waals surface area contributed by atoms with Gasteiger partial charge in [0.25, 0.3) is 0 Å². The molecule has 0 fully saturated rings. The highest BCUT2D eigenvalue weighted by Crippen LogP contribution is 2.28. The van der Waals surface area contributed by atoms with Gasteiger partial charge in [0, 0.05) is 23.8 Å². The van der Waals surface area contributed by atoms with E-state index < -0.39 is 17.6 Å². The minimum absolute atomic E-state index is 0.0555. The molecule has 8 nitrogen and oxygen atoms in total. The predicted molar refractivity (Wildman–Crippen MR) is 158 cm³/mol. The average molecular weight is 543 g/mol. The third kappa shape index (κ3) is 15.1. The number of rotatable bonds is 11. The Balaban J connectivity index is 2.68. The number of urea groups is 2. The first-order chi connectivity index (χ1) is 17.9. The number of terminal acetylenes is 1. The zero-order valence-corrected chi connectivity index (χ0v) is 25.4. The molecule has 1 aromatic carbocycles. The van der Waals surface area contributed by atoms with Crippen molar-refractivity contribution in [2.75, 3.05) is 11.9 Å². The van der Waals surface area contributed by atoms with Gasteiger partial charge in [-0.15, -0.1) is 6.42 Å². The number of nitrogens with one attached hydrogen (secondary N) is 4. The van der Waals surface area contributed by atoms with Crippen LogP contribution in [0.3, 0.4) is 0 Å². The summed E-state index contributed by atoms with van der Waals surface area (Å²) in [6.45, 7) is 18.6. The molecule has 39 heavy (non-hydrogen) atoms. The molecule has 0 aliphatic heterocycles. The number of hydrogen-bond donors (Lipinski definition) is 4. The first kappa shape index (κ1) is 33.8. The Morgan fingerprint density at radius 2 is 1.59 bits per heavy atom. The Kier molecular flexibility index (Phi) is 12.8. The van der Waals surface area contributed by atoms with Crippen molar-refractivity contribution < 1.29 is 19.1 Å². The van der Waals surface area contributed by atoms with Crippen molar-refractivity contribution in [2.45, 2.75) is 112 Å². The molecule has 1 aromatic rings. The molecule has 2 unspecified atom stereocenters. The maximum atomic E-state index is 13.0. The number of hydrogen-bond acceptors (Lipinski definition) is 4. The molecule has 1 rings (SSSR count). The Morgan fingerprint density at radius 1 is 0.923 bits per heavy atom. The zero-order valence-electron chi connectivity index (χ0n) is 25.4. The van der Waals surface area contributed by atoms with Crippen molar-refractivity contribution >= 4 is 23.7 Å². The van der Waals surface area contributed by atoms with Gasteiger partial charge in [0.1, 0.15) is 11.6 Å². The van der Waals surface area contributed by atoms with E-state index in [0.717, 1.165) is 12.8 Å². The molecule has 0 heterocycles. The molecule has 0 aliphatic rings. The van der Waals surface area contributed by atoms with Gasteiger partial charge < -0.3 is 26.0 Å². The number of unbranched alkanes of at least 4 members (excludes halogenated alkanes) is 1. The molecular formula is C31H50N4O4. The monoisotopic (exact) mass is 542 g/mol. The van der Waals surface area contributed by atoms with E-state index in [1.807, 2.05) is 0 Å². The fourth-order valence-electron chi connectivity index (χ4n) is 3.82. The van der Waals surface area contributed by atoms with E-state index in [1.165, 1.54) is 0 Å². The van der Waals surface area contributed by atoms with E-state index in [1.54, 1.807) is 45.0 Å². The number of esters is 1. The fourth-order valence-corrected chi connectivity index (χ4v) is 3.82. The van der Waals surface area contributed by atoms with Gasteiger partial charge >= 0.3 is 18.0 Å². The summed E-state index contributed by atoms with van der Waals surface area (Å²) >= 11 is 0. The highest BCUT2D eigenvalue weighted by atomic mass is 16.6.